The molecule has 5 heteroatoms. The van der Waals surface area contributed by atoms with E-state index in [4.69, 9.17) is 10.5 Å². The van der Waals surface area contributed by atoms with Crippen LogP contribution in [0.3, 0.4) is 0 Å². The summed E-state index contributed by atoms with van der Waals surface area (Å²) in [5.41, 5.74) is 16.9. The van der Waals surface area contributed by atoms with Gasteiger partial charge in [-0.1, -0.05) is 91.5 Å². The highest BCUT2D eigenvalue weighted by molar-refractivity contribution is 6.18. The van der Waals surface area contributed by atoms with Crippen LogP contribution < -0.4 is 11.5 Å². The summed E-state index contributed by atoms with van der Waals surface area (Å²) in [7, 11) is 1.50. The highest BCUT2D eigenvalue weighted by Crippen LogP contribution is 2.42. The normalized spacial score (nSPS) is 12.1. The van der Waals surface area contributed by atoms with Gasteiger partial charge in [0.1, 0.15) is 6.26 Å². The third-order valence-electron chi connectivity index (χ3n) is 6.56. The summed E-state index contributed by atoms with van der Waals surface area (Å²) in [6, 6.07) is 25.4. The first-order valence-electron chi connectivity index (χ1n) is 13.6. The molecule has 0 aliphatic carbocycles. The Bertz CT molecular complexity index is 1580. The van der Waals surface area contributed by atoms with Crippen LogP contribution in [-0.2, 0) is 4.74 Å². The number of benzene rings is 4. The topological polar surface area (TPSA) is 93.9 Å². The summed E-state index contributed by atoms with van der Waals surface area (Å²) in [6.45, 7) is 8.16. The number of allylic oxidation sites excluding steroid dienone is 4. The monoisotopic (exact) mass is 545 g/mol. The second-order valence-electron chi connectivity index (χ2n) is 8.94. The molecule has 0 radical (unpaired) electrons. The standard InChI is InChI=1S/C35H34N2O2.CH5N/c1-3-26(14-10-23-39-24-21-37-2)34-30-15-7-8-16-31(30)35(28(19-20-36)13-9-22-38)33-25-29(17-18-32(33)34)27-11-5-4-6-12-27;1-2/h3-8,11-21,24-25,38H,1-2,9-10,22-23,36H2;2H2,1H3/b20-19-,24-21-,26-14+,28-13+;. The Balaban J connectivity index is 0.00000226. The van der Waals surface area contributed by atoms with Gasteiger partial charge < -0.3 is 21.3 Å². The van der Waals surface area contributed by atoms with Crippen LogP contribution in [0, 0.1) is 0 Å². The predicted molar refractivity (Wildman–Crippen MR) is 177 cm³/mol. The van der Waals surface area contributed by atoms with Gasteiger partial charge in [0, 0.05) is 13.0 Å². The summed E-state index contributed by atoms with van der Waals surface area (Å²) in [4.78, 5) is 3.67. The number of rotatable bonds is 12. The molecule has 5 nitrogen and oxygen atoms in total. The third-order valence-corrected chi connectivity index (χ3v) is 6.56. The second kappa shape index (κ2) is 16.4. The van der Waals surface area contributed by atoms with E-state index in [1.807, 2.05) is 24.3 Å². The molecule has 41 heavy (non-hydrogen) atoms. The number of fused-ring (bicyclic) bond motifs is 2. The Morgan fingerprint density at radius 3 is 2.10 bits per heavy atom. The molecule has 0 fully saturated rings. The minimum Gasteiger partial charge on any atom is -0.499 e. The first-order valence-corrected chi connectivity index (χ1v) is 13.6. The van der Waals surface area contributed by atoms with E-state index in [1.165, 1.54) is 13.2 Å². The number of ether oxygens (including phenoxy) is 1. The molecule has 0 saturated heterocycles. The fourth-order valence-electron chi connectivity index (χ4n) is 4.91. The number of aliphatic imine (C=N–C) groups is 1. The van der Waals surface area contributed by atoms with E-state index < -0.39 is 0 Å². The first kappa shape index (κ1) is 30.8. The maximum atomic E-state index is 9.61. The van der Waals surface area contributed by atoms with E-state index in [9.17, 15) is 5.11 Å². The third kappa shape index (κ3) is 7.48. The van der Waals surface area contributed by atoms with Crippen molar-refractivity contribution < 1.29 is 9.84 Å². The fourth-order valence-corrected chi connectivity index (χ4v) is 4.91. The van der Waals surface area contributed by atoms with Crippen LogP contribution in [0.1, 0.15) is 24.0 Å². The number of aliphatic hydroxyl groups excluding tert-OH is 1. The molecule has 0 bridgehead atoms. The van der Waals surface area contributed by atoms with E-state index >= 15 is 0 Å². The van der Waals surface area contributed by atoms with Gasteiger partial charge >= 0.3 is 0 Å². The molecule has 0 unspecified atom stereocenters. The Kier molecular flexibility index (Phi) is 12.3. The second-order valence-corrected chi connectivity index (χ2v) is 8.94. The molecule has 210 valence electrons. The Morgan fingerprint density at radius 1 is 0.829 bits per heavy atom. The minimum absolute atomic E-state index is 0.0641. The molecular formula is C36H39N3O2. The zero-order valence-electron chi connectivity index (χ0n) is 23.7. The number of nitrogens with two attached hydrogens (primary N) is 2. The summed E-state index contributed by atoms with van der Waals surface area (Å²) >= 11 is 0. The predicted octanol–water partition coefficient (Wildman–Crippen LogP) is 7.62. The van der Waals surface area contributed by atoms with Crippen molar-refractivity contribution in [1.82, 2.24) is 0 Å². The summed E-state index contributed by atoms with van der Waals surface area (Å²) < 4.78 is 5.52. The van der Waals surface area contributed by atoms with Crippen molar-refractivity contribution in [2.45, 2.75) is 12.8 Å². The number of hydrogen-bond donors (Lipinski definition) is 3. The van der Waals surface area contributed by atoms with Gasteiger partial charge in [-0.2, -0.15) is 0 Å². The molecule has 0 aromatic heterocycles. The van der Waals surface area contributed by atoms with Crippen LogP contribution in [0.4, 0.5) is 0 Å². The molecule has 5 N–H and O–H groups in total. The van der Waals surface area contributed by atoms with Crippen LogP contribution in [0.5, 0.6) is 0 Å². The lowest BCUT2D eigenvalue weighted by molar-refractivity contribution is 0.255. The Morgan fingerprint density at radius 2 is 1.46 bits per heavy atom. The molecule has 0 saturated carbocycles. The maximum Gasteiger partial charge on any atom is 0.101 e. The SMILES string of the molecule is C=C/C(=C\CCO/C=C\N=C)c1c2ccccc2c(C(/C=C\N)=C/CCO)c2cc(-c3ccccc3)ccc12.CN. The van der Waals surface area contributed by atoms with Gasteiger partial charge in [-0.25, -0.2) is 0 Å². The van der Waals surface area contributed by atoms with Crippen LogP contribution in [0.2, 0.25) is 0 Å². The van der Waals surface area contributed by atoms with Gasteiger partial charge in [0.05, 0.1) is 12.8 Å². The van der Waals surface area contributed by atoms with E-state index in [2.05, 4.69) is 96.8 Å². The molecule has 4 aromatic rings. The first-order chi connectivity index (χ1) is 20.2. The van der Waals surface area contributed by atoms with Crippen LogP contribution in [-0.4, -0.2) is 32.1 Å². The molecule has 0 amide bonds. The summed E-state index contributed by atoms with van der Waals surface area (Å²) in [5.74, 6) is 0. The summed E-state index contributed by atoms with van der Waals surface area (Å²) in [5, 5.41) is 14.1. The summed E-state index contributed by atoms with van der Waals surface area (Å²) in [6.07, 6.45) is 13.9. The quantitative estimate of drug-likeness (QED) is 0.0561. The van der Waals surface area contributed by atoms with Crippen molar-refractivity contribution in [2.75, 3.05) is 20.3 Å². The zero-order valence-corrected chi connectivity index (χ0v) is 23.7. The van der Waals surface area contributed by atoms with Crippen LogP contribution in [0.15, 0.2) is 127 Å². The molecule has 0 aliphatic rings. The zero-order chi connectivity index (χ0) is 29.5. The van der Waals surface area contributed by atoms with Crippen molar-refractivity contribution in [3.63, 3.8) is 0 Å². The van der Waals surface area contributed by atoms with Gasteiger partial charge in [0.2, 0.25) is 0 Å². The highest BCUT2D eigenvalue weighted by Gasteiger charge is 2.18. The lowest BCUT2D eigenvalue weighted by Crippen LogP contribution is -1.97. The highest BCUT2D eigenvalue weighted by atomic mass is 16.5. The smallest absolute Gasteiger partial charge is 0.101 e. The molecule has 4 rings (SSSR count). The maximum absolute atomic E-state index is 9.61. The van der Waals surface area contributed by atoms with Crippen molar-refractivity contribution in [1.29, 1.82) is 0 Å². The van der Waals surface area contributed by atoms with E-state index in [1.54, 1.807) is 12.5 Å². The Labute approximate surface area is 243 Å². The van der Waals surface area contributed by atoms with Crippen molar-refractivity contribution >= 4 is 39.4 Å². The lowest BCUT2D eigenvalue weighted by atomic mass is 9.84. The molecular weight excluding hydrogens is 506 g/mol. The molecule has 0 heterocycles. The van der Waals surface area contributed by atoms with Gasteiger partial charge in [-0.15, -0.1) is 0 Å². The lowest BCUT2D eigenvalue weighted by Gasteiger charge is -2.20. The van der Waals surface area contributed by atoms with Crippen molar-refractivity contribution in [3.8, 4) is 11.1 Å². The van der Waals surface area contributed by atoms with Gasteiger partial charge in [-0.05, 0) is 93.5 Å². The largest absolute Gasteiger partial charge is 0.499 e. The van der Waals surface area contributed by atoms with Gasteiger partial charge in [0.15, 0.2) is 0 Å². The van der Waals surface area contributed by atoms with Crippen LogP contribution in [0.25, 0.3) is 43.8 Å². The fraction of sp³-hybridized carbons (Fsp3) is 0.139. The minimum atomic E-state index is 0.0641. The number of aliphatic hydroxyl groups is 1. The van der Waals surface area contributed by atoms with Crippen LogP contribution >= 0.6 is 0 Å². The molecule has 4 aromatic carbocycles. The van der Waals surface area contributed by atoms with Gasteiger partial charge in [-0.3, -0.25) is 4.99 Å². The van der Waals surface area contributed by atoms with Gasteiger partial charge in [0.25, 0.3) is 0 Å². The average molecular weight is 546 g/mol. The number of hydrogen-bond acceptors (Lipinski definition) is 5. The number of nitrogens with zero attached hydrogens (tertiary/aromatic N) is 1. The van der Waals surface area contributed by atoms with Crippen molar-refractivity contribution in [2.24, 2.45) is 16.5 Å². The van der Waals surface area contributed by atoms with Crippen molar-refractivity contribution in [3.05, 3.63) is 133 Å². The molecule has 0 spiro atoms. The van der Waals surface area contributed by atoms with E-state index in [0.29, 0.717) is 19.4 Å². The Hall–Kier alpha value is -4.71. The molecule has 0 atom stereocenters. The average Bonchev–Trinajstić information content (AvgIpc) is 3.03. The molecule has 0 aliphatic heterocycles. The van der Waals surface area contributed by atoms with E-state index in [0.717, 1.165) is 54.9 Å². The van der Waals surface area contributed by atoms with E-state index in [-0.39, 0.29) is 6.61 Å².